The highest BCUT2D eigenvalue weighted by molar-refractivity contribution is 5.71. The van der Waals surface area contributed by atoms with E-state index in [0.717, 1.165) is 33.7 Å². The fourth-order valence-electron chi connectivity index (χ4n) is 2.53. The van der Waals surface area contributed by atoms with Gasteiger partial charge in [-0.3, -0.25) is 4.68 Å². The van der Waals surface area contributed by atoms with Gasteiger partial charge in [-0.05, 0) is 43.5 Å². The molecule has 0 atom stereocenters. The molecule has 0 fully saturated rings. The lowest BCUT2D eigenvalue weighted by Crippen LogP contribution is -2.00. The van der Waals surface area contributed by atoms with Crippen molar-refractivity contribution in [2.45, 2.75) is 27.3 Å². The molecule has 2 N–H and O–H groups in total. The minimum atomic E-state index is 0.493. The third kappa shape index (κ3) is 2.24. The van der Waals surface area contributed by atoms with Crippen molar-refractivity contribution in [3.8, 4) is 17.0 Å². The van der Waals surface area contributed by atoms with Crippen molar-refractivity contribution in [1.29, 1.82) is 0 Å². The van der Waals surface area contributed by atoms with Crippen molar-refractivity contribution in [2.24, 2.45) is 12.8 Å². The standard InChI is InChI=1S/C15H21N3O/c1-9-6-13(10(2)11(3)15(9)19-5)14-12(7-16)8-18(4)17-14/h6,8H,7,16H2,1-5H3. The van der Waals surface area contributed by atoms with E-state index in [1.165, 1.54) is 5.56 Å². The van der Waals surface area contributed by atoms with E-state index in [2.05, 4.69) is 31.9 Å². The van der Waals surface area contributed by atoms with Crippen molar-refractivity contribution in [3.63, 3.8) is 0 Å². The van der Waals surface area contributed by atoms with E-state index in [1.54, 1.807) is 7.11 Å². The van der Waals surface area contributed by atoms with Crippen LogP contribution in [-0.2, 0) is 13.6 Å². The zero-order valence-corrected chi connectivity index (χ0v) is 12.2. The molecular formula is C15H21N3O. The lowest BCUT2D eigenvalue weighted by Gasteiger charge is -2.15. The van der Waals surface area contributed by atoms with E-state index >= 15 is 0 Å². The molecule has 2 aromatic rings. The fraction of sp³-hybridized carbons (Fsp3) is 0.400. The fourth-order valence-corrected chi connectivity index (χ4v) is 2.53. The van der Waals surface area contributed by atoms with Crippen molar-refractivity contribution < 1.29 is 4.74 Å². The Bertz CT molecular complexity index is 614. The Morgan fingerprint density at radius 3 is 2.53 bits per heavy atom. The summed E-state index contributed by atoms with van der Waals surface area (Å²) in [5.41, 5.74) is 12.4. The lowest BCUT2D eigenvalue weighted by molar-refractivity contribution is 0.408. The van der Waals surface area contributed by atoms with Crippen LogP contribution in [0.25, 0.3) is 11.3 Å². The summed E-state index contributed by atoms with van der Waals surface area (Å²) in [6, 6.07) is 2.13. The van der Waals surface area contributed by atoms with E-state index in [0.29, 0.717) is 6.54 Å². The number of aromatic nitrogens is 2. The average molecular weight is 259 g/mol. The zero-order valence-electron chi connectivity index (χ0n) is 12.2. The maximum atomic E-state index is 5.81. The molecule has 0 spiro atoms. The summed E-state index contributed by atoms with van der Waals surface area (Å²) < 4.78 is 7.27. The van der Waals surface area contributed by atoms with Crippen molar-refractivity contribution >= 4 is 0 Å². The molecule has 1 aromatic carbocycles. The molecule has 0 bridgehead atoms. The van der Waals surface area contributed by atoms with E-state index in [-0.39, 0.29) is 0 Å². The molecule has 1 aromatic heterocycles. The SMILES string of the molecule is COc1c(C)cc(-c2nn(C)cc2CN)c(C)c1C. The monoisotopic (exact) mass is 259 g/mol. The van der Waals surface area contributed by atoms with Crippen LogP contribution in [0.2, 0.25) is 0 Å². The molecule has 0 aliphatic heterocycles. The van der Waals surface area contributed by atoms with Gasteiger partial charge in [0.05, 0.1) is 12.8 Å². The number of ether oxygens (including phenoxy) is 1. The molecule has 1 heterocycles. The lowest BCUT2D eigenvalue weighted by atomic mass is 9.95. The normalized spacial score (nSPS) is 10.8. The summed E-state index contributed by atoms with van der Waals surface area (Å²) in [7, 11) is 3.63. The van der Waals surface area contributed by atoms with Crippen LogP contribution in [-0.4, -0.2) is 16.9 Å². The minimum Gasteiger partial charge on any atom is -0.496 e. The van der Waals surface area contributed by atoms with Gasteiger partial charge in [-0.15, -0.1) is 0 Å². The second-order valence-corrected chi connectivity index (χ2v) is 4.91. The van der Waals surface area contributed by atoms with E-state index in [9.17, 15) is 0 Å². The van der Waals surface area contributed by atoms with Gasteiger partial charge in [0.1, 0.15) is 5.75 Å². The molecule has 0 unspecified atom stereocenters. The maximum absolute atomic E-state index is 5.81. The first kappa shape index (κ1) is 13.6. The highest BCUT2D eigenvalue weighted by atomic mass is 16.5. The van der Waals surface area contributed by atoms with Crippen LogP contribution in [0.1, 0.15) is 22.3 Å². The molecule has 4 nitrogen and oxygen atoms in total. The number of nitrogens with two attached hydrogens (primary N) is 1. The summed E-state index contributed by atoms with van der Waals surface area (Å²) in [6.07, 6.45) is 1.98. The van der Waals surface area contributed by atoms with Crippen LogP contribution < -0.4 is 10.5 Å². The Balaban J connectivity index is 2.69. The molecule has 4 heteroatoms. The number of benzene rings is 1. The molecule has 0 aliphatic carbocycles. The van der Waals surface area contributed by atoms with Crippen LogP contribution in [0.4, 0.5) is 0 Å². The first-order valence-electron chi connectivity index (χ1n) is 6.37. The van der Waals surface area contributed by atoms with Crippen molar-refractivity contribution in [1.82, 2.24) is 9.78 Å². The molecule has 0 radical (unpaired) electrons. The van der Waals surface area contributed by atoms with Crippen LogP contribution >= 0.6 is 0 Å². The third-order valence-corrected chi connectivity index (χ3v) is 3.61. The highest BCUT2D eigenvalue weighted by Gasteiger charge is 2.16. The smallest absolute Gasteiger partial charge is 0.124 e. The Morgan fingerprint density at radius 2 is 1.95 bits per heavy atom. The van der Waals surface area contributed by atoms with Gasteiger partial charge in [-0.1, -0.05) is 0 Å². The largest absolute Gasteiger partial charge is 0.496 e. The molecule has 0 saturated carbocycles. The van der Waals surface area contributed by atoms with E-state index in [4.69, 9.17) is 10.5 Å². The summed E-state index contributed by atoms with van der Waals surface area (Å²) in [5.74, 6) is 0.950. The number of hydrogen-bond donors (Lipinski definition) is 1. The van der Waals surface area contributed by atoms with Crippen LogP contribution in [0.3, 0.4) is 0 Å². The molecule has 0 aliphatic rings. The number of nitrogens with zero attached hydrogens (tertiary/aromatic N) is 2. The second kappa shape index (κ2) is 5.05. The Hall–Kier alpha value is -1.81. The molecule has 2 rings (SSSR count). The predicted molar refractivity (Wildman–Crippen MR) is 77.3 cm³/mol. The van der Waals surface area contributed by atoms with Gasteiger partial charge < -0.3 is 10.5 Å². The van der Waals surface area contributed by atoms with Crippen LogP contribution in [0.5, 0.6) is 5.75 Å². The average Bonchev–Trinajstić information content (AvgIpc) is 2.75. The van der Waals surface area contributed by atoms with Crippen LogP contribution in [0, 0.1) is 20.8 Å². The number of hydrogen-bond acceptors (Lipinski definition) is 3. The number of aryl methyl sites for hydroxylation is 2. The molecule has 19 heavy (non-hydrogen) atoms. The summed E-state index contributed by atoms with van der Waals surface area (Å²) in [4.78, 5) is 0. The Kier molecular flexibility index (Phi) is 3.62. The highest BCUT2D eigenvalue weighted by Crippen LogP contribution is 2.34. The Labute approximate surface area is 114 Å². The maximum Gasteiger partial charge on any atom is 0.124 e. The third-order valence-electron chi connectivity index (χ3n) is 3.61. The first-order chi connectivity index (χ1) is 8.99. The van der Waals surface area contributed by atoms with E-state index < -0.39 is 0 Å². The summed E-state index contributed by atoms with van der Waals surface area (Å²) in [6.45, 7) is 6.73. The number of rotatable bonds is 3. The molecule has 0 amide bonds. The van der Waals surface area contributed by atoms with Gasteiger partial charge in [0, 0.05) is 30.9 Å². The molecular weight excluding hydrogens is 238 g/mol. The van der Waals surface area contributed by atoms with Gasteiger partial charge in [0.25, 0.3) is 0 Å². The van der Waals surface area contributed by atoms with Crippen molar-refractivity contribution in [3.05, 3.63) is 34.5 Å². The topological polar surface area (TPSA) is 53.1 Å². The first-order valence-corrected chi connectivity index (χ1v) is 6.37. The summed E-state index contributed by atoms with van der Waals surface area (Å²) in [5, 5.41) is 4.55. The van der Waals surface area contributed by atoms with Gasteiger partial charge in [-0.25, -0.2) is 0 Å². The minimum absolute atomic E-state index is 0.493. The summed E-state index contributed by atoms with van der Waals surface area (Å²) >= 11 is 0. The van der Waals surface area contributed by atoms with Gasteiger partial charge in [-0.2, -0.15) is 5.10 Å². The number of methoxy groups -OCH3 is 1. The zero-order chi connectivity index (χ0) is 14.2. The predicted octanol–water partition coefficient (Wildman–Crippen LogP) is 2.48. The Morgan fingerprint density at radius 1 is 1.26 bits per heavy atom. The van der Waals surface area contributed by atoms with Crippen molar-refractivity contribution in [2.75, 3.05) is 7.11 Å². The van der Waals surface area contributed by atoms with Gasteiger partial charge in [0.15, 0.2) is 0 Å². The second-order valence-electron chi connectivity index (χ2n) is 4.91. The molecule has 0 saturated heterocycles. The molecule has 102 valence electrons. The quantitative estimate of drug-likeness (QED) is 0.921. The van der Waals surface area contributed by atoms with E-state index in [1.807, 2.05) is 17.9 Å². The van der Waals surface area contributed by atoms with Gasteiger partial charge in [0.2, 0.25) is 0 Å². The van der Waals surface area contributed by atoms with Gasteiger partial charge >= 0.3 is 0 Å². The van der Waals surface area contributed by atoms with Crippen LogP contribution in [0.15, 0.2) is 12.3 Å².